The lowest BCUT2D eigenvalue weighted by atomic mass is 9.83. The van der Waals surface area contributed by atoms with Crippen LogP contribution < -0.4 is 0 Å². The molecule has 4 rings (SSSR count). The van der Waals surface area contributed by atoms with Crippen molar-refractivity contribution in [3.63, 3.8) is 0 Å². The highest BCUT2D eigenvalue weighted by atomic mass is 32.2. The molecular weight excluding hydrogens is 379 g/mol. The van der Waals surface area contributed by atoms with Crippen LogP contribution >= 0.6 is 0 Å². The fourth-order valence-corrected chi connectivity index (χ4v) is 7.50. The first-order valence-electron chi connectivity index (χ1n) is 9.70. The highest BCUT2D eigenvalue weighted by Gasteiger charge is 2.53. The molecule has 0 atom stereocenters. The maximum atomic E-state index is 13.1. The minimum atomic E-state index is -4.37. The van der Waals surface area contributed by atoms with Crippen molar-refractivity contribution >= 4 is 9.84 Å². The third kappa shape index (κ3) is 3.64. The number of alkyl halides is 3. The van der Waals surface area contributed by atoms with Gasteiger partial charge in [0, 0.05) is 30.5 Å². The van der Waals surface area contributed by atoms with Gasteiger partial charge < -0.3 is 0 Å². The molecule has 2 aliphatic heterocycles. The summed E-state index contributed by atoms with van der Waals surface area (Å²) >= 11 is 0. The zero-order chi connectivity index (χ0) is 19.4. The number of nitrogens with zero attached hydrogens (tertiary/aromatic N) is 3. The van der Waals surface area contributed by atoms with Gasteiger partial charge in [0.25, 0.3) is 0 Å². The van der Waals surface area contributed by atoms with Crippen LogP contribution in [0.5, 0.6) is 0 Å². The molecule has 0 unspecified atom stereocenters. The van der Waals surface area contributed by atoms with Crippen molar-refractivity contribution in [3.05, 3.63) is 17.5 Å². The number of hydrogen-bond acceptors (Lipinski definition) is 4. The molecule has 3 aliphatic rings. The summed E-state index contributed by atoms with van der Waals surface area (Å²) in [5, 5.41) is 4.22. The van der Waals surface area contributed by atoms with Gasteiger partial charge in [-0.3, -0.25) is 9.58 Å². The van der Waals surface area contributed by atoms with E-state index < -0.39 is 21.7 Å². The molecule has 0 radical (unpaired) electrons. The molecule has 5 nitrogen and oxygen atoms in total. The highest BCUT2D eigenvalue weighted by molar-refractivity contribution is 7.92. The summed E-state index contributed by atoms with van der Waals surface area (Å²) in [6.45, 7) is 3.67. The Morgan fingerprint density at radius 3 is 2.41 bits per heavy atom. The van der Waals surface area contributed by atoms with Gasteiger partial charge in [0.15, 0.2) is 9.84 Å². The lowest BCUT2D eigenvalue weighted by molar-refractivity contribution is -0.144. The number of likely N-dealkylation sites (tertiary alicyclic amines) is 1. The van der Waals surface area contributed by atoms with Crippen molar-refractivity contribution in [2.24, 2.45) is 5.41 Å². The molecule has 0 aromatic carbocycles. The van der Waals surface area contributed by atoms with Crippen LogP contribution in [0.4, 0.5) is 13.2 Å². The number of rotatable bonds is 3. The lowest BCUT2D eigenvalue weighted by Gasteiger charge is -2.39. The molecule has 1 aromatic rings. The SMILES string of the molecule is CCn1nc([C@H]2CC[C@H](N3CCC4(C3)CS(=O)(=O)C4)CC2)cc1C(F)(F)F. The predicted octanol–water partition coefficient (Wildman–Crippen LogP) is 3.07. The minimum Gasteiger partial charge on any atom is -0.300 e. The van der Waals surface area contributed by atoms with Gasteiger partial charge in [0.05, 0.1) is 17.2 Å². The summed E-state index contributed by atoms with van der Waals surface area (Å²) in [6.07, 6.45) is 0.129. The summed E-state index contributed by atoms with van der Waals surface area (Å²) in [7, 11) is -2.82. The highest BCUT2D eigenvalue weighted by Crippen LogP contribution is 2.44. The van der Waals surface area contributed by atoms with Crippen molar-refractivity contribution in [3.8, 4) is 0 Å². The zero-order valence-corrected chi connectivity index (χ0v) is 16.3. The van der Waals surface area contributed by atoms with Gasteiger partial charge in [-0.15, -0.1) is 0 Å². The second-order valence-corrected chi connectivity index (χ2v) is 10.6. The minimum absolute atomic E-state index is 0.0306. The van der Waals surface area contributed by atoms with Crippen LogP contribution in [0.1, 0.15) is 56.3 Å². The fraction of sp³-hybridized carbons (Fsp3) is 0.833. The van der Waals surface area contributed by atoms with Gasteiger partial charge >= 0.3 is 6.18 Å². The first kappa shape index (κ1) is 19.2. The summed E-state index contributed by atoms with van der Waals surface area (Å²) in [5.41, 5.74) is -0.127. The van der Waals surface area contributed by atoms with Crippen LogP contribution in [0.2, 0.25) is 0 Å². The summed E-state index contributed by atoms with van der Waals surface area (Å²) < 4.78 is 63.6. The van der Waals surface area contributed by atoms with E-state index in [2.05, 4.69) is 10.00 Å². The van der Waals surface area contributed by atoms with Crippen molar-refractivity contribution in [1.29, 1.82) is 0 Å². The monoisotopic (exact) mass is 405 g/mol. The molecule has 1 aliphatic carbocycles. The molecule has 2 saturated heterocycles. The molecule has 0 amide bonds. The standard InChI is InChI=1S/C18H26F3N3O2S/c1-2-24-16(18(19,20)21)9-15(22-24)13-3-5-14(6-4-13)23-8-7-17(10-23)11-27(25,26)12-17/h9,13-14H,2-8,10-12H2,1H3/t13-,14-. The number of sulfone groups is 1. The molecule has 3 heterocycles. The van der Waals surface area contributed by atoms with E-state index in [0.717, 1.165) is 49.9 Å². The van der Waals surface area contributed by atoms with Crippen molar-refractivity contribution < 1.29 is 21.6 Å². The molecule has 0 N–H and O–H groups in total. The lowest BCUT2D eigenvalue weighted by Crippen LogP contribution is -2.51. The van der Waals surface area contributed by atoms with Gasteiger partial charge in [-0.25, -0.2) is 8.42 Å². The van der Waals surface area contributed by atoms with Crippen molar-refractivity contribution in [2.45, 2.75) is 63.7 Å². The van der Waals surface area contributed by atoms with Crippen LogP contribution in [-0.2, 0) is 22.6 Å². The maximum absolute atomic E-state index is 13.1. The van der Waals surface area contributed by atoms with Gasteiger partial charge in [-0.05, 0) is 51.6 Å². The van der Waals surface area contributed by atoms with Crippen molar-refractivity contribution in [2.75, 3.05) is 24.6 Å². The van der Waals surface area contributed by atoms with Gasteiger partial charge in [0.1, 0.15) is 5.69 Å². The smallest absolute Gasteiger partial charge is 0.300 e. The van der Waals surface area contributed by atoms with E-state index in [9.17, 15) is 21.6 Å². The van der Waals surface area contributed by atoms with E-state index in [1.807, 2.05) is 0 Å². The number of hydrogen-bond donors (Lipinski definition) is 0. The average Bonchev–Trinajstić information content (AvgIpc) is 3.18. The molecular formula is C18H26F3N3O2S. The molecule has 152 valence electrons. The predicted molar refractivity (Wildman–Crippen MR) is 95.2 cm³/mol. The quantitative estimate of drug-likeness (QED) is 0.776. The Hall–Kier alpha value is -1.09. The topological polar surface area (TPSA) is 55.2 Å². The second kappa shape index (κ2) is 6.47. The first-order valence-corrected chi connectivity index (χ1v) is 11.5. The average molecular weight is 405 g/mol. The van der Waals surface area contributed by atoms with E-state index in [-0.39, 0.29) is 17.9 Å². The number of aryl methyl sites for hydroxylation is 1. The Labute approximate surface area is 157 Å². The summed E-state index contributed by atoms with van der Waals surface area (Å²) in [5.74, 6) is 0.719. The largest absolute Gasteiger partial charge is 0.433 e. The van der Waals surface area contributed by atoms with Crippen LogP contribution in [0.3, 0.4) is 0 Å². The Kier molecular flexibility index (Phi) is 4.61. The number of halogens is 3. The van der Waals surface area contributed by atoms with Crippen LogP contribution in [0, 0.1) is 5.41 Å². The third-order valence-electron chi connectivity index (χ3n) is 6.54. The zero-order valence-electron chi connectivity index (χ0n) is 15.5. The molecule has 1 saturated carbocycles. The van der Waals surface area contributed by atoms with Gasteiger partial charge in [0.2, 0.25) is 0 Å². The molecule has 9 heteroatoms. The van der Waals surface area contributed by atoms with E-state index in [0.29, 0.717) is 23.2 Å². The van der Waals surface area contributed by atoms with E-state index >= 15 is 0 Å². The van der Waals surface area contributed by atoms with E-state index in [1.54, 1.807) is 6.92 Å². The summed E-state index contributed by atoms with van der Waals surface area (Å²) in [4.78, 5) is 2.41. The second-order valence-electron chi connectivity index (χ2n) is 8.53. The Morgan fingerprint density at radius 1 is 1.22 bits per heavy atom. The van der Waals surface area contributed by atoms with Crippen LogP contribution in [0.15, 0.2) is 6.07 Å². The first-order chi connectivity index (χ1) is 12.6. The maximum Gasteiger partial charge on any atom is 0.433 e. The Morgan fingerprint density at radius 2 is 1.89 bits per heavy atom. The molecule has 0 bridgehead atoms. The molecule has 3 fully saturated rings. The van der Waals surface area contributed by atoms with E-state index in [1.165, 1.54) is 6.07 Å². The molecule has 1 aromatic heterocycles. The number of aromatic nitrogens is 2. The Bertz CT molecular complexity index is 798. The van der Waals surface area contributed by atoms with Crippen molar-refractivity contribution in [1.82, 2.24) is 14.7 Å². The third-order valence-corrected chi connectivity index (χ3v) is 8.64. The van der Waals surface area contributed by atoms with Crippen LogP contribution in [-0.4, -0.2) is 53.7 Å². The molecule has 27 heavy (non-hydrogen) atoms. The normalized spacial score (nSPS) is 30.5. The van der Waals surface area contributed by atoms with Gasteiger partial charge in [-0.2, -0.15) is 18.3 Å². The van der Waals surface area contributed by atoms with Crippen LogP contribution in [0.25, 0.3) is 0 Å². The van der Waals surface area contributed by atoms with E-state index in [4.69, 9.17) is 0 Å². The summed E-state index contributed by atoms with van der Waals surface area (Å²) in [6, 6.07) is 1.64. The Balaban J connectivity index is 1.37. The van der Waals surface area contributed by atoms with Gasteiger partial charge in [-0.1, -0.05) is 0 Å². The molecule has 1 spiro atoms. The fourth-order valence-electron chi connectivity index (χ4n) is 5.25.